The molecular weight excluding hydrogens is 218 g/mol. The van der Waals surface area contributed by atoms with E-state index in [1.54, 1.807) is 0 Å². The molecule has 0 aromatic rings. The maximum Gasteiger partial charge on any atom is 0.305 e. The van der Waals surface area contributed by atoms with Gasteiger partial charge in [0.25, 0.3) is 0 Å². The average molecular weight is 241 g/mol. The number of carbonyl (C=O) groups is 1. The van der Waals surface area contributed by atoms with E-state index in [2.05, 4.69) is 29.1 Å². The number of methoxy groups -OCH3 is 1. The van der Waals surface area contributed by atoms with Gasteiger partial charge < -0.3 is 15.2 Å². The van der Waals surface area contributed by atoms with Crippen LogP contribution in [-0.2, 0) is 9.53 Å². The first kappa shape index (κ1) is 14.2. The van der Waals surface area contributed by atoms with Crippen LogP contribution in [-0.4, -0.2) is 36.4 Å². The minimum Gasteiger partial charge on any atom is -0.469 e. The molecule has 0 unspecified atom stereocenters. The van der Waals surface area contributed by atoms with Gasteiger partial charge in [0, 0.05) is 18.0 Å². The standard InChI is InChI=1S/C13H23NO3/c1-3-7-13(9-6-12(16)17-2)8-4-5-11(10-15)14-13/h4,8,11,14-15H,3,5-7,9-10H2,1-2H3/t11-,13+/m1/s1. The number of rotatable bonds is 6. The first-order valence-corrected chi connectivity index (χ1v) is 6.29. The fourth-order valence-electron chi connectivity index (χ4n) is 2.40. The molecule has 4 heteroatoms. The molecule has 1 aliphatic heterocycles. The topological polar surface area (TPSA) is 58.6 Å². The smallest absolute Gasteiger partial charge is 0.305 e. The van der Waals surface area contributed by atoms with Crippen LogP contribution in [0.1, 0.15) is 39.0 Å². The molecule has 2 atom stereocenters. The van der Waals surface area contributed by atoms with Crippen LogP contribution in [0.4, 0.5) is 0 Å². The van der Waals surface area contributed by atoms with Crippen LogP contribution in [0.5, 0.6) is 0 Å². The number of ether oxygens (including phenoxy) is 1. The van der Waals surface area contributed by atoms with Crippen molar-refractivity contribution in [1.82, 2.24) is 5.32 Å². The van der Waals surface area contributed by atoms with Gasteiger partial charge in [0.05, 0.1) is 13.7 Å². The lowest BCUT2D eigenvalue weighted by Crippen LogP contribution is -2.52. The monoisotopic (exact) mass is 241 g/mol. The largest absolute Gasteiger partial charge is 0.469 e. The van der Waals surface area contributed by atoms with Crippen LogP contribution in [0.3, 0.4) is 0 Å². The summed E-state index contributed by atoms with van der Waals surface area (Å²) in [6.45, 7) is 2.26. The fourth-order valence-corrected chi connectivity index (χ4v) is 2.40. The van der Waals surface area contributed by atoms with Gasteiger partial charge in [-0.05, 0) is 19.3 Å². The molecule has 2 N–H and O–H groups in total. The van der Waals surface area contributed by atoms with Gasteiger partial charge >= 0.3 is 5.97 Å². The highest BCUT2D eigenvalue weighted by Crippen LogP contribution is 2.26. The van der Waals surface area contributed by atoms with Gasteiger partial charge in [0.2, 0.25) is 0 Å². The minimum absolute atomic E-state index is 0.101. The lowest BCUT2D eigenvalue weighted by Gasteiger charge is -2.38. The summed E-state index contributed by atoms with van der Waals surface area (Å²) in [6, 6.07) is 0.101. The van der Waals surface area contributed by atoms with Gasteiger partial charge in [-0.15, -0.1) is 0 Å². The molecule has 1 aliphatic rings. The molecule has 1 rings (SSSR count). The molecule has 0 amide bonds. The summed E-state index contributed by atoms with van der Waals surface area (Å²) in [7, 11) is 1.41. The van der Waals surface area contributed by atoms with E-state index in [1.165, 1.54) is 7.11 Å². The van der Waals surface area contributed by atoms with Crippen molar-refractivity contribution < 1.29 is 14.6 Å². The second kappa shape index (κ2) is 6.77. The van der Waals surface area contributed by atoms with E-state index >= 15 is 0 Å². The molecule has 0 bridgehead atoms. The van der Waals surface area contributed by atoms with Crippen molar-refractivity contribution in [3.05, 3.63) is 12.2 Å². The summed E-state index contributed by atoms with van der Waals surface area (Å²) >= 11 is 0. The third-order valence-corrected chi connectivity index (χ3v) is 3.27. The van der Waals surface area contributed by atoms with Crippen molar-refractivity contribution in [3.63, 3.8) is 0 Å². The number of esters is 1. The first-order valence-electron chi connectivity index (χ1n) is 6.29. The number of aliphatic hydroxyl groups excluding tert-OH is 1. The summed E-state index contributed by atoms with van der Waals surface area (Å²) < 4.78 is 4.68. The SMILES string of the molecule is CCC[C@@]1(CCC(=O)OC)C=CC[C@H](CO)N1. The first-order chi connectivity index (χ1) is 8.15. The van der Waals surface area contributed by atoms with Crippen LogP contribution < -0.4 is 5.32 Å². The van der Waals surface area contributed by atoms with E-state index in [9.17, 15) is 9.90 Å². The number of carbonyl (C=O) groups excluding carboxylic acids is 1. The average Bonchev–Trinajstić information content (AvgIpc) is 2.36. The van der Waals surface area contributed by atoms with E-state index < -0.39 is 0 Å². The highest BCUT2D eigenvalue weighted by atomic mass is 16.5. The maximum absolute atomic E-state index is 11.2. The van der Waals surface area contributed by atoms with Crippen LogP contribution in [0.15, 0.2) is 12.2 Å². The van der Waals surface area contributed by atoms with Crippen LogP contribution in [0, 0.1) is 0 Å². The van der Waals surface area contributed by atoms with Crippen LogP contribution in [0.2, 0.25) is 0 Å². The predicted octanol–water partition coefficient (Wildman–Crippen LogP) is 1.39. The van der Waals surface area contributed by atoms with Gasteiger partial charge in [-0.2, -0.15) is 0 Å². The minimum atomic E-state index is -0.179. The van der Waals surface area contributed by atoms with Gasteiger partial charge in [-0.1, -0.05) is 25.5 Å². The van der Waals surface area contributed by atoms with Gasteiger partial charge in [0.1, 0.15) is 0 Å². The summed E-state index contributed by atoms with van der Waals surface area (Å²) in [5.74, 6) is -0.179. The Morgan fingerprint density at radius 2 is 2.35 bits per heavy atom. The van der Waals surface area contributed by atoms with Crippen molar-refractivity contribution >= 4 is 5.97 Å². The lowest BCUT2D eigenvalue weighted by atomic mass is 9.84. The molecule has 0 spiro atoms. The fraction of sp³-hybridized carbons (Fsp3) is 0.769. The molecular formula is C13H23NO3. The molecule has 0 aromatic carbocycles. The number of nitrogens with one attached hydrogen (secondary N) is 1. The molecule has 1 heterocycles. The number of aliphatic hydroxyl groups is 1. The summed E-state index contributed by atoms with van der Waals surface area (Å²) in [5, 5.41) is 12.7. The van der Waals surface area contributed by atoms with Gasteiger partial charge in [-0.25, -0.2) is 0 Å². The van der Waals surface area contributed by atoms with E-state index in [-0.39, 0.29) is 24.2 Å². The summed E-state index contributed by atoms with van der Waals surface area (Å²) in [5.41, 5.74) is -0.158. The molecule has 0 fully saturated rings. The molecule has 4 nitrogen and oxygen atoms in total. The predicted molar refractivity (Wildman–Crippen MR) is 66.7 cm³/mol. The third kappa shape index (κ3) is 4.13. The Labute approximate surface area is 103 Å². The van der Waals surface area contributed by atoms with E-state index in [0.29, 0.717) is 6.42 Å². The highest BCUT2D eigenvalue weighted by Gasteiger charge is 2.31. The van der Waals surface area contributed by atoms with Crippen molar-refractivity contribution in [2.75, 3.05) is 13.7 Å². The molecule has 0 saturated carbocycles. The van der Waals surface area contributed by atoms with Crippen molar-refractivity contribution in [1.29, 1.82) is 0 Å². The normalized spacial score (nSPS) is 28.1. The molecule has 0 radical (unpaired) electrons. The number of hydrogen-bond donors (Lipinski definition) is 2. The van der Waals surface area contributed by atoms with E-state index in [0.717, 1.165) is 25.7 Å². The Bertz CT molecular complexity index is 278. The van der Waals surface area contributed by atoms with Crippen molar-refractivity contribution in [2.24, 2.45) is 0 Å². The van der Waals surface area contributed by atoms with Crippen LogP contribution in [0.25, 0.3) is 0 Å². The second-order valence-corrected chi connectivity index (χ2v) is 4.64. The Balaban J connectivity index is 2.64. The Morgan fingerprint density at radius 1 is 1.59 bits per heavy atom. The Hall–Kier alpha value is -0.870. The van der Waals surface area contributed by atoms with Crippen LogP contribution >= 0.6 is 0 Å². The summed E-state index contributed by atoms with van der Waals surface area (Å²) in [6.07, 6.45) is 8.23. The Kier molecular flexibility index (Phi) is 5.65. The quantitative estimate of drug-likeness (QED) is 0.545. The number of hydrogen-bond acceptors (Lipinski definition) is 4. The third-order valence-electron chi connectivity index (χ3n) is 3.27. The Morgan fingerprint density at radius 3 is 2.94 bits per heavy atom. The highest BCUT2D eigenvalue weighted by molar-refractivity contribution is 5.69. The van der Waals surface area contributed by atoms with E-state index in [4.69, 9.17) is 0 Å². The molecule has 0 aromatic heterocycles. The molecule has 0 saturated heterocycles. The zero-order valence-corrected chi connectivity index (χ0v) is 10.7. The molecule has 98 valence electrons. The zero-order chi connectivity index (χ0) is 12.7. The summed E-state index contributed by atoms with van der Waals surface area (Å²) in [4.78, 5) is 11.2. The second-order valence-electron chi connectivity index (χ2n) is 4.64. The maximum atomic E-state index is 11.2. The molecule has 0 aliphatic carbocycles. The van der Waals surface area contributed by atoms with Crippen molar-refractivity contribution in [3.8, 4) is 0 Å². The lowest BCUT2D eigenvalue weighted by molar-refractivity contribution is -0.141. The van der Waals surface area contributed by atoms with E-state index in [1.807, 2.05) is 0 Å². The van der Waals surface area contributed by atoms with Gasteiger partial charge in [-0.3, -0.25) is 4.79 Å². The van der Waals surface area contributed by atoms with Gasteiger partial charge in [0.15, 0.2) is 0 Å². The van der Waals surface area contributed by atoms with Crippen molar-refractivity contribution in [2.45, 2.75) is 50.6 Å². The molecule has 17 heavy (non-hydrogen) atoms. The zero-order valence-electron chi connectivity index (χ0n) is 10.7.